The topological polar surface area (TPSA) is 29.5 Å². The fourth-order valence-corrected chi connectivity index (χ4v) is 3.14. The van der Waals surface area contributed by atoms with E-state index in [-0.39, 0.29) is 0 Å². The molecule has 1 heterocycles. The van der Waals surface area contributed by atoms with Crippen molar-refractivity contribution >= 4 is 18.8 Å². The highest BCUT2D eigenvalue weighted by Crippen LogP contribution is 2.42. The Morgan fingerprint density at radius 1 is 0.882 bits per heavy atom. The van der Waals surface area contributed by atoms with Crippen LogP contribution in [0.4, 0.5) is 8.78 Å². The predicted molar refractivity (Wildman–Crippen MR) is 61.3 cm³/mol. The molecule has 1 N–H and O–H groups in total. The van der Waals surface area contributed by atoms with Crippen molar-refractivity contribution in [2.45, 2.75) is 0 Å². The Hall–Kier alpha value is -1.51. The van der Waals surface area contributed by atoms with Gasteiger partial charge in [0.1, 0.15) is 23.1 Å². The standard InChI is InChI=1S/C12H7F2O2P/c13-7-1-3-9-11(5-7)17(15)12-6-8(14)2-4-10(12)16-9/h1-6,15H. The Morgan fingerprint density at radius 2 is 1.35 bits per heavy atom. The van der Waals surface area contributed by atoms with Gasteiger partial charge >= 0.3 is 0 Å². The number of benzene rings is 2. The van der Waals surface area contributed by atoms with Crippen molar-refractivity contribution in [2.75, 3.05) is 0 Å². The van der Waals surface area contributed by atoms with Crippen molar-refractivity contribution in [2.24, 2.45) is 0 Å². The van der Waals surface area contributed by atoms with E-state index in [1.807, 2.05) is 0 Å². The van der Waals surface area contributed by atoms with Gasteiger partial charge < -0.3 is 9.63 Å². The fourth-order valence-electron chi connectivity index (χ4n) is 1.73. The van der Waals surface area contributed by atoms with Crippen LogP contribution >= 0.6 is 8.15 Å². The van der Waals surface area contributed by atoms with Gasteiger partial charge in [0, 0.05) is 0 Å². The first-order valence-corrected chi connectivity index (χ1v) is 6.20. The van der Waals surface area contributed by atoms with Crippen molar-refractivity contribution in [1.82, 2.24) is 0 Å². The molecule has 0 bridgehead atoms. The molecule has 17 heavy (non-hydrogen) atoms. The lowest BCUT2D eigenvalue weighted by atomic mass is 10.3. The SMILES string of the molecule is OP1c2cc(F)ccc2Oc2ccc(F)cc21. The highest BCUT2D eigenvalue weighted by atomic mass is 31.1. The molecule has 3 rings (SSSR count). The molecule has 0 amide bonds. The Morgan fingerprint density at radius 3 is 1.82 bits per heavy atom. The number of rotatable bonds is 0. The maximum Gasteiger partial charge on any atom is 0.137 e. The first kappa shape index (κ1) is 10.6. The van der Waals surface area contributed by atoms with Crippen LogP contribution < -0.4 is 15.3 Å². The summed E-state index contributed by atoms with van der Waals surface area (Å²) in [5.74, 6) is -0.0688. The van der Waals surface area contributed by atoms with E-state index in [2.05, 4.69) is 0 Å². The second-order valence-electron chi connectivity index (χ2n) is 3.64. The van der Waals surface area contributed by atoms with Crippen molar-refractivity contribution in [3.8, 4) is 11.5 Å². The zero-order valence-electron chi connectivity index (χ0n) is 8.52. The van der Waals surface area contributed by atoms with Gasteiger partial charge in [-0.25, -0.2) is 8.78 Å². The molecule has 1 aliphatic rings. The number of halogens is 2. The smallest absolute Gasteiger partial charge is 0.137 e. The van der Waals surface area contributed by atoms with Gasteiger partial charge in [0.05, 0.1) is 18.8 Å². The van der Waals surface area contributed by atoms with Gasteiger partial charge in [0.25, 0.3) is 0 Å². The Balaban J connectivity index is 2.18. The minimum absolute atomic E-state index is 0.373. The Kier molecular flexibility index (Phi) is 2.35. The summed E-state index contributed by atoms with van der Waals surface area (Å²) >= 11 is 0. The van der Waals surface area contributed by atoms with E-state index in [4.69, 9.17) is 4.74 Å². The summed E-state index contributed by atoms with van der Waals surface area (Å²) in [4.78, 5) is 10.1. The molecule has 2 aromatic carbocycles. The summed E-state index contributed by atoms with van der Waals surface area (Å²) in [7, 11) is -1.76. The maximum absolute atomic E-state index is 13.1. The number of ether oxygens (including phenoxy) is 1. The van der Waals surface area contributed by atoms with Crippen LogP contribution in [0.15, 0.2) is 36.4 Å². The van der Waals surface area contributed by atoms with Gasteiger partial charge in [-0.3, -0.25) is 0 Å². The van der Waals surface area contributed by atoms with E-state index in [9.17, 15) is 13.7 Å². The van der Waals surface area contributed by atoms with Gasteiger partial charge in [-0.2, -0.15) is 0 Å². The lowest BCUT2D eigenvalue weighted by Gasteiger charge is -2.24. The summed E-state index contributed by atoms with van der Waals surface area (Å²) in [5.41, 5.74) is 0. The van der Waals surface area contributed by atoms with E-state index in [1.165, 1.54) is 36.4 Å². The van der Waals surface area contributed by atoms with Crippen LogP contribution in [0, 0.1) is 11.6 Å². The van der Waals surface area contributed by atoms with Gasteiger partial charge in [-0.05, 0) is 36.4 Å². The van der Waals surface area contributed by atoms with E-state index in [0.29, 0.717) is 22.1 Å². The zero-order valence-corrected chi connectivity index (χ0v) is 9.42. The summed E-state index contributed by atoms with van der Waals surface area (Å²) in [6.45, 7) is 0. The van der Waals surface area contributed by atoms with Crippen LogP contribution in [0.1, 0.15) is 0 Å². The quantitative estimate of drug-likeness (QED) is 0.729. The number of fused-ring (bicyclic) bond motifs is 2. The molecular formula is C12H7F2O2P. The summed E-state index contributed by atoms with van der Waals surface area (Å²) < 4.78 is 31.7. The van der Waals surface area contributed by atoms with E-state index < -0.39 is 19.8 Å². The maximum atomic E-state index is 13.1. The average Bonchev–Trinajstić information content (AvgIpc) is 2.32. The Bertz CT molecular complexity index is 550. The molecule has 0 saturated carbocycles. The second kappa shape index (κ2) is 3.76. The molecule has 2 aromatic rings. The van der Waals surface area contributed by atoms with Crippen LogP contribution in [0.3, 0.4) is 0 Å². The van der Waals surface area contributed by atoms with Gasteiger partial charge in [-0.1, -0.05) is 0 Å². The number of hydrogen-bond acceptors (Lipinski definition) is 2. The molecule has 0 unspecified atom stereocenters. The van der Waals surface area contributed by atoms with E-state index in [0.717, 1.165) is 0 Å². The summed E-state index contributed by atoms with van der Waals surface area (Å²) in [6.07, 6.45) is 0. The zero-order chi connectivity index (χ0) is 12.0. The molecule has 0 atom stereocenters. The van der Waals surface area contributed by atoms with Crippen molar-refractivity contribution < 1.29 is 18.4 Å². The molecule has 0 radical (unpaired) electrons. The number of hydrogen-bond donors (Lipinski definition) is 1. The third-order valence-corrected chi connectivity index (χ3v) is 4.13. The van der Waals surface area contributed by atoms with Crippen molar-refractivity contribution in [1.29, 1.82) is 0 Å². The predicted octanol–water partition coefficient (Wildman–Crippen LogP) is 2.41. The summed E-state index contributed by atoms with van der Waals surface area (Å²) in [6, 6.07) is 7.88. The van der Waals surface area contributed by atoms with Crippen LogP contribution in [-0.4, -0.2) is 4.89 Å². The largest absolute Gasteiger partial charge is 0.456 e. The van der Waals surface area contributed by atoms with Gasteiger partial charge in [-0.15, -0.1) is 0 Å². The highest BCUT2D eigenvalue weighted by molar-refractivity contribution is 7.68. The van der Waals surface area contributed by atoms with Crippen molar-refractivity contribution in [3.05, 3.63) is 48.0 Å². The van der Waals surface area contributed by atoms with E-state index >= 15 is 0 Å². The molecule has 86 valence electrons. The molecule has 1 aliphatic heterocycles. The van der Waals surface area contributed by atoms with E-state index in [1.54, 1.807) is 0 Å². The lowest BCUT2D eigenvalue weighted by Crippen LogP contribution is -2.21. The van der Waals surface area contributed by atoms with Crippen molar-refractivity contribution in [3.63, 3.8) is 0 Å². The normalized spacial score (nSPS) is 13.8. The highest BCUT2D eigenvalue weighted by Gasteiger charge is 2.26. The first-order chi connectivity index (χ1) is 8.15. The first-order valence-electron chi connectivity index (χ1n) is 4.91. The molecule has 2 nitrogen and oxygen atoms in total. The molecule has 0 fully saturated rings. The molecule has 0 aliphatic carbocycles. The van der Waals surface area contributed by atoms with Gasteiger partial charge in [0.15, 0.2) is 0 Å². The lowest BCUT2D eigenvalue weighted by molar-refractivity contribution is 0.481. The molecule has 5 heteroatoms. The van der Waals surface area contributed by atoms with Crippen LogP contribution in [0.5, 0.6) is 11.5 Å². The average molecular weight is 252 g/mol. The third kappa shape index (κ3) is 1.70. The van der Waals surface area contributed by atoms with Crippen LogP contribution in [0.2, 0.25) is 0 Å². The minimum Gasteiger partial charge on any atom is -0.456 e. The monoisotopic (exact) mass is 252 g/mol. The molecule has 0 aromatic heterocycles. The fraction of sp³-hybridized carbons (Fsp3) is 0. The minimum atomic E-state index is -1.76. The van der Waals surface area contributed by atoms with Crippen LogP contribution in [0.25, 0.3) is 0 Å². The van der Waals surface area contributed by atoms with Gasteiger partial charge in [0.2, 0.25) is 0 Å². The third-order valence-electron chi connectivity index (χ3n) is 2.52. The molecular weight excluding hydrogens is 245 g/mol. The summed E-state index contributed by atoms with van der Waals surface area (Å²) in [5, 5.41) is 0.746. The Labute approximate surface area is 97.3 Å². The molecule has 0 saturated heterocycles. The molecule has 0 spiro atoms. The second-order valence-corrected chi connectivity index (χ2v) is 5.23. The van der Waals surface area contributed by atoms with Crippen LogP contribution in [-0.2, 0) is 0 Å².